The molecule has 2 aromatic rings. The van der Waals surface area contributed by atoms with E-state index >= 15 is 0 Å². The molecule has 0 atom stereocenters. The minimum Gasteiger partial charge on any atom is -0.234 e. The van der Waals surface area contributed by atoms with E-state index < -0.39 is 0 Å². The van der Waals surface area contributed by atoms with Gasteiger partial charge in [-0.15, -0.1) is 0 Å². The van der Waals surface area contributed by atoms with Gasteiger partial charge in [-0.3, -0.25) is 0 Å². The number of benzene rings is 1. The van der Waals surface area contributed by atoms with E-state index in [-0.39, 0.29) is 5.82 Å². The summed E-state index contributed by atoms with van der Waals surface area (Å²) >= 11 is 0. The van der Waals surface area contributed by atoms with Gasteiger partial charge in [-0.05, 0) is 30.3 Å². The minimum absolute atomic E-state index is 0.248. The van der Waals surface area contributed by atoms with Gasteiger partial charge in [0.05, 0.1) is 5.69 Å². The lowest BCUT2D eigenvalue weighted by Crippen LogP contribution is -1.84. The van der Waals surface area contributed by atoms with Crippen molar-refractivity contribution in [3.05, 3.63) is 48.7 Å². The summed E-state index contributed by atoms with van der Waals surface area (Å²) in [6.45, 7) is 0. The molecular weight excluding hydrogens is 167 g/mol. The largest absolute Gasteiger partial charge is 0.234 e. The van der Waals surface area contributed by atoms with Crippen LogP contribution in [0.3, 0.4) is 0 Å². The van der Waals surface area contributed by atoms with E-state index in [1.807, 2.05) is 0 Å². The molecule has 1 aromatic heterocycles. The van der Waals surface area contributed by atoms with Crippen LogP contribution in [0.4, 0.5) is 4.39 Å². The summed E-state index contributed by atoms with van der Waals surface area (Å²) in [6, 6.07) is 7.90. The fraction of sp³-hybridized carbons (Fsp3) is 0. The van der Waals surface area contributed by atoms with Gasteiger partial charge >= 0.3 is 0 Å². The molecule has 13 heavy (non-hydrogen) atoms. The molecule has 1 radical (unpaired) electrons. The quantitative estimate of drug-likeness (QED) is 0.659. The molecule has 0 bridgehead atoms. The van der Waals surface area contributed by atoms with Gasteiger partial charge in [0.25, 0.3) is 0 Å². The lowest BCUT2D eigenvalue weighted by molar-refractivity contribution is 0.628. The Bertz CT molecular complexity index is 383. The lowest BCUT2D eigenvalue weighted by atomic mass is 10.1. The smallest absolute Gasteiger partial charge is 0.198 e. The molecule has 0 aliphatic rings. The standard InChI is InChI=1S/C10H6FN2/c11-9-3-1-8(2-4-9)10-5-6-12-7-13-10/h1-6H. The first kappa shape index (κ1) is 7.86. The Morgan fingerprint density at radius 3 is 2.46 bits per heavy atom. The van der Waals surface area contributed by atoms with Gasteiger partial charge in [-0.2, -0.15) is 0 Å². The first-order valence-electron chi connectivity index (χ1n) is 3.81. The Hall–Kier alpha value is -1.77. The molecule has 1 heterocycles. The Labute approximate surface area is 75.1 Å². The third-order valence-corrected chi connectivity index (χ3v) is 1.68. The van der Waals surface area contributed by atoms with Crippen LogP contribution < -0.4 is 0 Å². The predicted molar refractivity (Wildman–Crippen MR) is 46.3 cm³/mol. The van der Waals surface area contributed by atoms with E-state index in [9.17, 15) is 4.39 Å². The van der Waals surface area contributed by atoms with Crippen LogP contribution in [0.5, 0.6) is 0 Å². The second-order valence-corrected chi connectivity index (χ2v) is 2.55. The average Bonchev–Trinajstić information content (AvgIpc) is 2.20. The number of nitrogens with zero attached hydrogens (tertiary/aromatic N) is 2. The Morgan fingerprint density at radius 2 is 1.85 bits per heavy atom. The summed E-state index contributed by atoms with van der Waals surface area (Å²) in [7, 11) is 0. The van der Waals surface area contributed by atoms with Crippen molar-refractivity contribution in [2.24, 2.45) is 0 Å². The summed E-state index contributed by atoms with van der Waals surface area (Å²) in [6.07, 6.45) is 4.08. The topological polar surface area (TPSA) is 25.8 Å². The van der Waals surface area contributed by atoms with E-state index in [0.29, 0.717) is 0 Å². The van der Waals surface area contributed by atoms with Crippen LogP contribution in [-0.4, -0.2) is 9.97 Å². The summed E-state index contributed by atoms with van der Waals surface area (Å²) in [5, 5.41) is 0. The molecule has 63 valence electrons. The Kier molecular flexibility index (Phi) is 2.00. The van der Waals surface area contributed by atoms with Gasteiger partial charge in [0, 0.05) is 11.8 Å². The Morgan fingerprint density at radius 1 is 1.08 bits per heavy atom. The van der Waals surface area contributed by atoms with E-state index in [0.717, 1.165) is 11.3 Å². The minimum atomic E-state index is -0.248. The van der Waals surface area contributed by atoms with Crippen LogP contribution in [0, 0.1) is 12.1 Å². The molecule has 0 saturated carbocycles. The highest BCUT2D eigenvalue weighted by atomic mass is 19.1. The number of hydrogen-bond donors (Lipinski definition) is 0. The van der Waals surface area contributed by atoms with Gasteiger partial charge in [0.1, 0.15) is 5.82 Å². The van der Waals surface area contributed by atoms with Crippen molar-refractivity contribution >= 4 is 0 Å². The van der Waals surface area contributed by atoms with Crippen molar-refractivity contribution in [3.63, 3.8) is 0 Å². The van der Waals surface area contributed by atoms with Crippen LogP contribution in [0.25, 0.3) is 11.3 Å². The number of aromatic nitrogens is 2. The first-order chi connectivity index (χ1) is 6.36. The second kappa shape index (κ2) is 3.31. The molecule has 0 fully saturated rings. The predicted octanol–water partition coefficient (Wildman–Crippen LogP) is 2.08. The highest BCUT2D eigenvalue weighted by Crippen LogP contribution is 2.15. The molecule has 0 amide bonds. The van der Waals surface area contributed by atoms with Crippen molar-refractivity contribution < 1.29 is 4.39 Å². The third-order valence-electron chi connectivity index (χ3n) is 1.68. The SMILES string of the molecule is Fc1ccc(-c2ccn[c]n2)cc1. The van der Waals surface area contributed by atoms with Crippen molar-refractivity contribution in [3.8, 4) is 11.3 Å². The fourth-order valence-electron chi connectivity index (χ4n) is 1.04. The zero-order valence-electron chi connectivity index (χ0n) is 6.74. The molecular formula is C10H6FN2. The number of hydrogen-bond acceptors (Lipinski definition) is 2. The number of halogens is 1. The fourth-order valence-corrected chi connectivity index (χ4v) is 1.04. The summed E-state index contributed by atoms with van der Waals surface area (Å²) in [4.78, 5) is 7.60. The molecule has 2 nitrogen and oxygen atoms in total. The molecule has 0 saturated heterocycles. The summed E-state index contributed by atoms with van der Waals surface area (Å²) in [5.41, 5.74) is 1.61. The van der Waals surface area contributed by atoms with Gasteiger partial charge < -0.3 is 0 Å². The van der Waals surface area contributed by atoms with Crippen molar-refractivity contribution in [1.29, 1.82) is 0 Å². The van der Waals surface area contributed by atoms with Crippen molar-refractivity contribution in [1.82, 2.24) is 9.97 Å². The lowest BCUT2D eigenvalue weighted by Gasteiger charge is -1.97. The summed E-state index contributed by atoms with van der Waals surface area (Å²) in [5.74, 6) is -0.248. The van der Waals surface area contributed by atoms with Crippen molar-refractivity contribution in [2.75, 3.05) is 0 Å². The van der Waals surface area contributed by atoms with E-state index in [2.05, 4.69) is 16.3 Å². The third kappa shape index (κ3) is 1.69. The normalized spacial score (nSPS) is 9.92. The zero-order valence-corrected chi connectivity index (χ0v) is 6.74. The molecule has 0 N–H and O–H groups in total. The molecule has 1 aromatic carbocycles. The van der Waals surface area contributed by atoms with Crippen LogP contribution in [0.2, 0.25) is 0 Å². The van der Waals surface area contributed by atoms with Gasteiger partial charge in [-0.1, -0.05) is 0 Å². The molecule has 0 aliphatic heterocycles. The van der Waals surface area contributed by atoms with Crippen molar-refractivity contribution in [2.45, 2.75) is 0 Å². The van der Waals surface area contributed by atoms with E-state index in [1.165, 1.54) is 12.1 Å². The first-order valence-corrected chi connectivity index (χ1v) is 3.81. The van der Waals surface area contributed by atoms with Crippen LogP contribution in [0.15, 0.2) is 36.5 Å². The molecule has 3 heteroatoms. The maximum atomic E-state index is 12.6. The van der Waals surface area contributed by atoms with Gasteiger partial charge in [-0.25, -0.2) is 14.4 Å². The molecule has 0 aliphatic carbocycles. The molecule has 2 rings (SSSR count). The highest BCUT2D eigenvalue weighted by molar-refractivity contribution is 5.57. The number of rotatable bonds is 1. The maximum Gasteiger partial charge on any atom is 0.198 e. The van der Waals surface area contributed by atoms with Crippen LogP contribution in [-0.2, 0) is 0 Å². The second-order valence-electron chi connectivity index (χ2n) is 2.55. The van der Waals surface area contributed by atoms with Crippen LogP contribution >= 0.6 is 0 Å². The van der Waals surface area contributed by atoms with Gasteiger partial charge in [0.15, 0.2) is 6.33 Å². The Balaban J connectivity index is 2.42. The van der Waals surface area contributed by atoms with E-state index in [4.69, 9.17) is 0 Å². The maximum absolute atomic E-state index is 12.6. The molecule has 0 unspecified atom stereocenters. The highest BCUT2D eigenvalue weighted by Gasteiger charge is 1.97. The monoisotopic (exact) mass is 173 g/mol. The molecule has 0 spiro atoms. The zero-order chi connectivity index (χ0) is 9.10. The van der Waals surface area contributed by atoms with E-state index in [1.54, 1.807) is 24.4 Å². The van der Waals surface area contributed by atoms with Gasteiger partial charge in [0.2, 0.25) is 0 Å². The summed E-state index contributed by atoms with van der Waals surface area (Å²) < 4.78 is 12.6. The van der Waals surface area contributed by atoms with Crippen LogP contribution in [0.1, 0.15) is 0 Å². The average molecular weight is 173 g/mol.